The summed E-state index contributed by atoms with van der Waals surface area (Å²) in [6.07, 6.45) is 90.3. The lowest BCUT2D eigenvalue weighted by atomic mass is 10.0. The lowest BCUT2D eigenvalue weighted by Gasteiger charge is -2.18. The van der Waals surface area contributed by atoms with Crippen LogP contribution in [-0.2, 0) is 28.6 Å². The Hall–Kier alpha value is -3.41. The van der Waals surface area contributed by atoms with Gasteiger partial charge in [-0.15, -0.1) is 0 Å². The average molecular weight is 1120 g/mol. The summed E-state index contributed by atoms with van der Waals surface area (Å²) in [5.41, 5.74) is 0. The van der Waals surface area contributed by atoms with E-state index in [0.29, 0.717) is 19.3 Å². The van der Waals surface area contributed by atoms with Gasteiger partial charge >= 0.3 is 17.9 Å². The molecule has 0 aromatic rings. The average Bonchev–Trinajstić information content (AvgIpc) is 3.46. The second kappa shape index (κ2) is 68.1. The van der Waals surface area contributed by atoms with Crippen LogP contribution in [0.3, 0.4) is 0 Å². The highest BCUT2D eigenvalue weighted by molar-refractivity contribution is 5.71. The number of allylic oxidation sites excluding steroid dienone is 14. The Morgan fingerprint density at radius 2 is 0.487 bits per heavy atom. The molecule has 6 heteroatoms. The molecule has 1 atom stereocenters. The molecule has 0 fully saturated rings. The minimum atomic E-state index is -0.781. The maximum atomic E-state index is 12.9. The van der Waals surface area contributed by atoms with Gasteiger partial charge < -0.3 is 14.2 Å². The fourth-order valence-corrected chi connectivity index (χ4v) is 9.97. The van der Waals surface area contributed by atoms with E-state index < -0.39 is 6.10 Å². The van der Waals surface area contributed by atoms with Gasteiger partial charge in [-0.3, -0.25) is 14.4 Å². The second-order valence-electron chi connectivity index (χ2n) is 23.1. The highest BCUT2D eigenvalue weighted by Crippen LogP contribution is 2.17. The van der Waals surface area contributed by atoms with Crippen molar-refractivity contribution in [2.75, 3.05) is 13.2 Å². The summed E-state index contributed by atoms with van der Waals surface area (Å²) in [5.74, 6) is -0.871. The predicted octanol–water partition coefficient (Wildman–Crippen LogP) is 23.8. The largest absolute Gasteiger partial charge is 0.462 e. The maximum absolute atomic E-state index is 12.9. The molecule has 0 aliphatic heterocycles. The molecule has 0 aromatic carbocycles. The molecule has 0 amide bonds. The van der Waals surface area contributed by atoms with Crippen LogP contribution < -0.4 is 0 Å². The minimum absolute atomic E-state index is 0.0776. The standard InChI is InChI=1S/C74H130O6/c1-4-7-10-13-16-19-22-25-28-30-32-33-34-35-36-37-38-39-40-41-43-44-46-49-52-55-58-61-64-67-73(76)79-70-71(69-78-72(75)66-63-60-57-54-51-48-27-24-21-18-15-12-9-6-3)80-74(77)68-65-62-59-56-53-50-47-45-42-31-29-26-23-20-17-14-11-8-5-2/h7,10,16,19,24-25,27-28,32-33,35-36,38-39,71H,4-6,8-9,11-15,17-18,20-23,26,29-31,34,37,40-70H2,1-3H3/b10-7-,19-16-,27-24-,28-25-,33-32-,36-35-,39-38-. The summed E-state index contributed by atoms with van der Waals surface area (Å²) in [6.45, 7) is 6.56. The monoisotopic (exact) mass is 1110 g/mol. The topological polar surface area (TPSA) is 78.9 Å². The Labute approximate surface area is 496 Å². The van der Waals surface area contributed by atoms with Crippen LogP contribution in [0.15, 0.2) is 85.1 Å². The molecule has 6 nitrogen and oxygen atoms in total. The van der Waals surface area contributed by atoms with E-state index in [2.05, 4.69) is 106 Å². The Balaban J connectivity index is 4.29. The highest BCUT2D eigenvalue weighted by atomic mass is 16.6. The molecule has 0 aliphatic carbocycles. The Morgan fingerprint density at radius 3 is 0.775 bits per heavy atom. The first-order chi connectivity index (χ1) is 39.5. The maximum Gasteiger partial charge on any atom is 0.306 e. The zero-order chi connectivity index (χ0) is 57.8. The molecule has 0 saturated carbocycles. The number of carbonyl (C=O) groups is 3. The fraction of sp³-hybridized carbons (Fsp3) is 0.770. The Bertz CT molecular complexity index is 1520. The van der Waals surface area contributed by atoms with Crippen LogP contribution in [0.25, 0.3) is 0 Å². The van der Waals surface area contributed by atoms with Crippen molar-refractivity contribution in [2.45, 2.75) is 354 Å². The molecule has 0 spiro atoms. The summed E-state index contributed by atoms with van der Waals surface area (Å²) in [6, 6.07) is 0. The van der Waals surface area contributed by atoms with Crippen LogP contribution >= 0.6 is 0 Å². The van der Waals surface area contributed by atoms with Crippen LogP contribution in [0, 0.1) is 0 Å². The van der Waals surface area contributed by atoms with E-state index in [9.17, 15) is 14.4 Å². The zero-order valence-corrected chi connectivity index (χ0v) is 53.1. The van der Waals surface area contributed by atoms with Gasteiger partial charge in [0.25, 0.3) is 0 Å². The van der Waals surface area contributed by atoms with Crippen molar-refractivity contribution in [2.24, 2.45) is 0 Å². The molecule has 462 valence electrons. The third kappa shape index (κ3) is 65.4. The summed E-state index contributed by atoms with van der Waals surface area (Å²) in [5, 5.41) is 0. The van der Waals surface area contributed by atoms with Crippen molar-refractivity contribution >= 4 is 17.9 Å². The number of ether oxygens (including phenoxy) is 3. The van der Waals surface area contributed by atoms with Crippen LogP contribution in [0.2, 0.25) is 0 Å². The van der Waals surface area contributed by atoms with Crippen LogP contribution in [-0.4, -0.2) is 37.2 Å². The summed E-state index contributed by atoms with van der Waals surface area (Å²) in [4.78, 5) is 38.4. The van der Waals surface area contributed by atoms with E-state index in [0.717, 1.165) is 103 Å². The first-order valence-corrected chi connectivity index (χ1v) is 34.6. The van der Waals surface area contributed by atoms with Crippen LogP contribution in [0.5, 0.6) is 0 Å². The molecule has 0 aromatic heterocycles. The highest BCUT2D eigenvalue weighted by Gasteiger charge is 2.19. The quantitative estimate of drug-likeness (QED) is 0.0261. The molecule has 0 aliphatic rings. The number of hydrogen-bond acceptors (Lipinski definition) is 6. The van der Waals surface area contributed by atoms with E-state index in [1.165, 1.54) is 205 Å². The van der Waals surface area contributed by atoms with Gasteiger partial charge in [0.2, 0.25) is 0 Å². The number of unbranched alkanes of at least 4 members (excludes halogenated alkanes) is 38. The van der Waals surface area contributed by atoms with E-state index >= 15 is 0 Å². The molecule has 0 N–H and O–H groups in total. The summed E-state index contributed by atoms with van der Waals surface area (Å²) in [7, 11) is 0. The lowest BCUT2D eigenvalue weighted by Crippen LogP contribution is -2.30. The third-order valence-corrected chi connectivity index (χ3v) is 15.1. The van der Waals surface area contributed by atoms with Gasteiger partial charge in [-0.2, -0.15) is 0 Å². The van der Waals surface area contributed by atoms with Gasteiger partial charge in [0, 0.05) is 19.3 Å². The Kier molecular flexibility index (Phi) is 65.2. The van der Waals surface area contributed by atoms with Crippen molar-refractivity contribution in [3.8, 4) is 0 Å². The van der Waals surface area contributed by atoms with E-state index in [4.69, 9.17) is 14.2 Å². The minimum Gasteiger partial charge on any atom is -0.462 e. The molecule has 0 heterocycles. The van der Waals surface area contributed by atoms with E-state index in [1.807, 2.05) is 0 Å². The van der Waals surface area contributed by atoms with Crippen molar-refractivity contribution in [3.63, 3.8) is 0 Å². The van der Waals surface area contributed by atoms with Gasteiger partial charge in [-0.1, -0.05) is 318 Å². The first-order valence-electron chi connectivity index (χ1n) is 34.6. The number of rotatable bonds is 63. The first kappa shape index (κ1) is 76.6. The molecular weight excluding hydrogens is 985 g/mol. The molecule has 1 unspecified atom stereocenters. The number of hydrogen-bond donors (Lipinski definition) is 0. The summed E-state index contributed by atoms with van der Waals surface area (Å²) >= 11 is 0. The van der Waals surface area contributed by atoms with E-state index in [1.54, 1.807) is 0 Å². The Morgan fingerprint density at radius 1 is 0.263 bits per heavy atom. The van der Waals surface area contributed by atoms with Crippen LogP contribution in [0.1, 0.15) is 348 Å². The lowest BCUT2D eigenvalue weighted by molar-refractivity contribution is -0.167. The normalized spacial score (nSPS) is 12.6. The molecule has 0 radical (unpaired) electrons. The molecule has 0 saturated heterocycles. The van der Waals surface area contributed by atoms with Crippen molar-refractivity contribution in [3.05, 3.63) is 85.1 Å². The molecule has 0 bridgehead atoms. The molecular formula is C74H130O6. The van der Waals surface area contributed by atoms with Crippen LogP contribution in [0.4, 0.5) is 0 Å². The number of carbonyl (C=O) groups excluding carboxylic acids is 3. The van der Waals surface area contributed by atoms with Gasteiger partial charge in [-0.25, -0.2) is 0 Å². The molecule has 80 heavy (non-hydrogen) atoms. The zero-order valence-electron chi connectivity index (χ0n) is 53.1. The fourth-order valence-electron chi connectivity index (χ4n) is 9.97. The van der Waals surface area contributed by atoms with E-state index in [-0.39, 0.29) is 31.1 Å². The van der Waals surface area contributed by atoms with Gasteiger partial charge in [-0.05, 0) is 96.3 Å². The summed E-state index contributed by atoms with van der Waals surface area (Å²) < 4.78 is 17.0. The van der Waals surface area contributed by atoms with Crippen molar-refractivity contribution in [1.29, 1.82) is 0 Å². The molecule has 0 rings (SSSR count). The third-order valence-electron chi connectivity index (χ3n) is 15.1. The van der Waals surface area contributed by atoms with Gasteiger partial charge in [0.1, 0.15) is 13.2 Å². The predicted molar refractivity (Wildman–Crippen MR) is 348 cm³/mol. The SMILES string of the molecule is CC/C=C\C/C=C\C/C=C\C/C=C\C/C=C\C/C=C\CCCCCCCCCCCCC(=O)OCC(COC(=O)CCCCCCC/C=C\CCCCCCC)OC(=O)CCCCCCCCCCCCCCCCCCCCC. The smallest absolute Gasteiger partial charge is 0.306 e. The van der Waals surface area contributed by atoms with Gasteiger partial charge in [0.15, 0.2) is 6.10 Å². The van der Waals surface area contributed by atoms with Gasteiger partial charge in [0.05, 0.1) is 0 Å². The second-order valence-corrected chi connectivity index (χ2v) is 23.1. The van der Waals surface area contributed by atoms with Crippen molar-refractivity contribution in [1.82, 2.24) is 0 Å². The van der Waals surface area contributed by atoms with Crippen molar-refractivity contribution < 1.29 is 28.6 Å². The number of esters is 3.